The van der Waals surface area contributed by atoms with Crippen molar-refractivity contribution in [1.29, 1.82) is 0 Å². The van der Waals surface area contributed by atoms with Crippen LogP contribution in [0.3, 0.4) is 0 Å². The number of hydrogen-bond acceptors (Lipinski definition) is 6. The SMILES string of the molecule is COCCNS(=O)(=O)c1ccc2c(c1)CCN(C(=O)[C@@H](N)[C@@H](C)O)C2. The molecule has 0 aliphatic carbocycles. The fraction of sp³-hybridized carbons (Fsp3) is 0.562. The van der Waals surface area contributed by atoms with Crippen molar-refractivity contribution < 1.29 is 23.1 Å². The number of benzene rings is 1. The van der Waals surface area contributed by atoms with Gasteiger partial charge in [-0.3, -0.25) is 4.79 Å². The second-order valence-corrected chi connectivity index (χ2v) is 7.86. The number of methoxy groups -OCH3 is 1. The van der Waals surface area contributed by atoms with Gasteiger partial charge in [-0.15, -0.1) is 0 Å². The molecule has 0 fully saturated rings. The summed E-state index contributed by atoms with van der Waals surface area (Å²) < 4.78 is 31.8. The topological polar surface area (TPSA) is 122 Å². The largest absolute Gasteiger partial charge is 0.391 e. The van der Waals surface area contributed by atoms with Crippen LogP contribution in [0, 0.1) is 0 Å². The molecule has 0 radical (unpaired) electrons. The number of nitrogens with zero attached hydrogens (tertiary/aromatic N) is 1. The minimum absolute atomic E-state index is 0.197. The summed E-state index contributed by atoms with van der Waals surface area (Å²) in [5.41, 5.74) is 7.49. The first-order chi connectivity index (χ1) is 11.8. The fourth-order valence-electron chi connectivity index (χ4n) is 2.66. The van der Waals surface area contributed by atoms with Gasteiger partial charge >= 0.3 is 0 Å². The van der Waals surface area contributed by atoms with E-state index < -0.39 is 22.2 Å². The van der Waals surface area contributed by atoms with Gasteiger partial charge in [-0.1, -0.05) is 6.07 Å². The zero-order valence-electron chi connectivity index (χ0n) is 14.4. The predicted molar refractivity (Wildman–Crippen MR) is 92.3 cm³/mol. The van der Waals surface area contributed by atoms with Crippen molar-refractivity contribution >= 4 is 15.9 Å². The monoisotopic (exact) mass is 371 g/mol. The van der Waals surface area contributed by atoms with Crippen molar-refractivity contribution in [2.24, 2.45) is 5.73 Å². The van der Waals surface area contributed by atoms with Gasteiger partial charge in [-0.05, 0) is 36.6 Å². The summed E-state index contributed by atoms with van der Waals surface area (Å²) in [5.74, 6) is -0.307. The summed E-state index contributed by atoms with van der Waals surface area (Å²) in [6.45, 7) is 2.77. The first-order valence-corrected chi connectivity index (χ1v) is 9.57. The first-order valence-electron chi connectivity index (χ1n) is 8.09. The Bertz CT molecular complexity index is 720. The highest BCUT2D eigenvalue weighted by Gasteiger charge is 2.28. The number of aliphatic hydroxyl groups is 1. The molecular weight excluding hydrogens is 346 g/mol. The van der Waals surface area contributed by atoms with E-state index in [9.17, 15) is 18.3 Å². The van der Waals surface area contributed by atoms with E-state index >= 15 is 0 Å². The van der Waals surface area contributed by atoms with E-state index in [-0.39, 0.29) is 17.3 Å². The molecule has 8 nitrogen and oxygen atoms in total. The Kier molecular flexibility index (Phi) is 6.53. The van der Waals surface area contributed by atoms with Crippen molar-refractivity contribution in [3.05, 3.63) is 29.3 Å². The standard InChI is InChI=1S/C16H25N3O5S/c1-11(20)15(17)16(21)19-7-5-12-9-14(4-3-13(12)10-19)25(22,23)18-6-8-24-2/h3-4,9,11,15,18,20H,5-8,10,17H2,1-2H3/t11-,15+/m1/s1. The van der Waals surface area contributed by atoms with Crippen LogP contribution in [0.25, 0.3) is 0 Å². The number of ether oxygens (including phenoxy) is 1. The van der Waals surface area contributed by atoms with Crippen LogP contribution in [0.15, 0.2) is 23.1 Å². The molecule has 2 atom stereocenters. The summed E-state index contributed by atoms with van der Waals surface area (Å²) in [5, 5.41) is 9.48. The molecule has 0 bridgehead atoms. The minimum atomic E-state index is -3.58. The van der Waals surface area contributed by atoms with E-state index in [1.54, 1.807) is 17.0 Å². The molecule has 1 aliphatic rings. The predicted octanol–water partition coefficient (Wildman–Crippen LogP) is -0.796. The molecule has 1 aromatic rings. The van der Waals surface area contributed by atoms with Crippen molar-refractivity contribution in [2.45, 2.75) is 36.9 Å². The van der Waals surface area contributed by atoms with Crippen LogP contribution in [-0.2, 0) is 32.5 Å². The number of amides is 1. The van der Waals surface area contributed by atoms with Gasteiger partial charge in [0.15, 0.2) is 0 Å². The third kappa shape index (κ3) is 4.77. The van der Waals surface area contributed by atoms with Crippen LogP contribution >= 0.6 is 0 Å². The van der Waals surface area contributed by atoms with Gasteiger partial charge in [0.1, 0.15) is 6.04 Å². The van der Waals surface area contributed by atoms with Gasteiger partial charge in [-0.2, -0.15) is 0 Å². The van der Waals surface area contributed by atoms with Gasteiger partial charge in [-0.25, -0.2) is 13.1 Å². The van der Waals surface area contributed by atoms with E-state index in [4.69, 9.17) is 10.5 Å². The molecule has 2 rings (SSSR count). The van der Waals surface area contributed by atoms with Crippen LogP contribution in [0.4, 0.5) is 0 Å². The quantitative estimate of drug-likeness (QED) is 0.540. The van der Waals surface area contributed by atoms with E-state index in [0.717, 1.165) is 11.1 Å². The van der Waals surface area contributed by atoms with Gasteiger partial charge in [0.05, 0.1) is 17.6 Å². The molecule has 1 heterocycles. The highest BCUT2D eigenvalue weighted by Crippen LogP contribution is 2.23. The molecule has 1 aliphatic heterocycles. The van der Waals surface area contributed by atoms with Crippen LogP contribution in [-0.4, -0.2) is 63.3 Å². The van der Waals surface area contributed by atoms with Gasteiger partial charge < -0.3 is 20.5 Å². The summed E-state index contributed by atoms with van der Waals surface area (Å²) in [4.78, 5) is 14.0. The van der Waals surface area contributed by atoms with E-state index in [0.29, 0.717) is 26.1 Å². The second kappa shape index (κ2) is 8.24. The van der Waals surface area contributed by atoms with Crippen LogP contribution in [0.1, 0.15) is 18.1 Å². The molecule has 1 aromatic carbocycles. The molecule has 0 unspecified atom stereocenters. The molecule has 25 heavy (non-hydrogen) atoms. The summed E-state index contributed by atoms with van der Waals surface area (Å²) in [7, 11) is -2.08. The normalized spacial score (nSPS) is 17.0. The lowest BCUT2D eigenvalue weighted by Gasteiger charge is -2.31. The molecule has 0 spiro atoms. The number of hydrogen-bond donors (Lipinski definition) is 3. The molecular formula is C16H25N3O5S. The lowest BCUT2D eigenvalue weighted by Crippen LogP contribution is -2.50. The number of nitrogens with two attached hydrogens (primary N) is 1. The van der Waals surface area contributed by atoms with Crippen molar-refractivity contribution in [3.63, 3.8) is 0 Å². The Morgan fingerprint density at radius 1 is 1.44 bits per heavy atom. The van der Waals surface area contributed by atoms with Crippen molar-refractivity contribution in [3.8, 4) is 0 Å². The van der Waals surface area contributed by atoms with Gasteiger partial charge in [0.2, 0.25) is 15.9 Å². The summed E-state index contributed by atoms with van der Waals surface area (Å²) in [6.07, 6.45) is -0.380. The lowest BCUT2D eigenvalue weighted by atomic mass is 9.99. The first kappa shape index (κ1) is 19.8. The highest BCUT2D eigenvalue weighted by atomic mass is 32.2. The van der Waals surface area contributed by atoms with E-state index in [1.165, 1.54) is 20.1 Å². The maximum absolute atomic E-state index is 12.3. The molecule has 0 aromatic heterocycles. The molecule has 140 valence electrons. The number of carbonyl (C=O) groups excluding carboxylic acids is 1. The van der Waals surface area contributed by atoms with E-state index in [1.807, 2.05) is 0 Å². The minimum Gasteiger partial charge on any atom is -0.391 e. The smallest absolute Gasteiger partial charge is 0.242 e. The Hall–Kier alpha value is -1.52. The molecule has 1 amide bonds. The van der Waals surface area contributed by atoms with Crippen molar-refractivity contribution in [2.75, 3.05) is 26.8 Å². The third-order valence-corrected chi connectivity index (χ3v) is 5.67. The molecule has 0 saturated heterocycles. The number of nitrogens with one attached hydrogen (secondary N) is 1. The highest BCUT2D eigenvalue weighted by molar-refractivity contribution is 7.89. The number of carbonyl (C=O) groups is 1. The molecule has 0 saturated carbocycles. The number of sulfonamides is 1. The van der Waals surface area contributed by atoms with Crippen LogP contribution in [0.5, 0.6) is 0 Å². The molecule has 4 N–H and O–H groups in total. The summed E-state index contributed by atoms with van der Waals surface area (Å²) in [6, 6.07) is 3.93. The average Bonchev–Trinajstić information content (AvgIpc) is 2.59. The third-order valence-electron chi connectivity index (χ3n) is 4.22. The zero-order valence-corrected chi connectivity index (χ0v) is 15.3. The lowest BCUT2D eigenvalue weighted by molar-refractivity contribution is -0.135. The number of fused-ring (bicyclic) bond motifs is 1. The van der Waals surface area contributed by atoms with Crippen molar-refractivity contribution in [1.82, 2.24) is 9.62 Å². The van der Waals surface area contributed by atoms with Crippen LogP contribution in [0.2, 0.25) is 0 Å². The fourth-order valence-corrected chi connectivity index (χ4v) is 3.73. The summed E-state index contributed by atoms with van der Waals surface area (Å²) >= 11 is 0. The Morgan fingerprint density at radius 2 is 2.16 bits per heavy atom. The number of aliphatic hydroxyl groups excluding tert-OH is 1. The maximum Gasteiger partial charge on any atom is 0.242 e. The second-order valence-electron chi connectivity index (χ2n) is 6.10. The average molecular weight is 371 g/mol. The van der Waals surface area contributed by atoms with Gasteiger partial charge in [0, 0.05) is 26.7 Å². The van der Waals surface area contributed by atoms with E-state index in [2.05, 4.69) is 4.72 Å². The van der Waals surface area contributed by atoms with Gasteiger partial charge in [0.25, 0.3) is 0 Å². The Balaban J connectivity index is 2.12. The van der Waals surface area contributed by atoms with Crippen LogP contribution < -0.4 is 10.5 Å². The Labute approximate surface area is 148 Å². The Morgan fingerprint density at radius 3 is 2.80 bits per heavy atom. The molecule has 9 heteroatoms. The number of rotatable bonds is 7. The zero-order chi connectivity index (χ0) is 18.6. The maximum atomic E-state index is 12.3.